The third-order valence-corrected chi connectivity index (χ3v) is 11.9. The quantitative estimate of drug-likeness (QED) is 0.236. The number of nitrogens with one attached hydrogen (secondary N) is 1. The van der Waals surface area contributed by atoms with Crippen LogP contribution < -0.4 is 5.32 Å². The second kappa shape index (κ2) is 14.8. The van der Waals surface area contributed by atoms with Crippen molar-refractivity contribution in [2.45, 2.75) is 42.7 Å². The van der Waals surface area contributed by atoms with Gasteiger partial charge in [0.2, 0.25) is 10.0 Å². The summed E-state index contributed by atoms with van der Waals surface area (Å²) in [5.41, 5.74) is 2.87. The van der Waals surface area contributed by atoms with Crippen LogP contribution in [0, 0.1) is 0 Å². The van der Waals surface area contributed by atoms with Crippen LogP contribution in [0.15, 0.2) is 101 Å². The van der Waals surface area contributed by atoms with Crippen LogP contribution in [0.2, 0.25) is 0 Å². The first-order valence-corrected chi connectivity index (χ1v) is 18.1. The molecule has 2 saturated heterocycles. The third-order valence-electron chi connectivity index (χ3n) is 8.99. The maximum atomic E-state index is 13.2. The van der Waals surface area contributed by atoms with Gasteiger partial charge in [0, 0.05) is 50.1 Å². The summed E-state index contributed by atoms with van der Waals surface area (Å²) in [4.78, 5) is 22.8. The number of hydrogen-bond acceptors (Lipinski definition) is 7. The lowest BCUT2D eigenvalue weighted by Crippen LogP contribution is -2.50. The summed E-state index contributed by atoms with van der Waals surface area (Å²) in [6.07, 6.45) is 3.05. The maximum Gasteiger partial charge on any atom is 0.271 e. The average Bonchev–Trinajstić information content (AvgIpc) is 3.60. The largest absolute Gasteiger partial charge is 0.347 e. The zero-order valence-electron chi connectivity index (χ0n) is 25.5. The van der Waals surface area contributed by atoms with Crippen molar-refractivity contribution in [2.75, 3.05) is 45.8 Å². The van der Waals surface area contributed by atoms with E-state index in [0.717, 1.165) is 49.5 Å². The Kier molecular flexibility index (Phi) is 10.4. The summed E-state index contributed by atoms with van der Waals surface area (Å²) in [6, 6.07) is 29.5. The Morgan fingerprint density at radius 3 is 2.13 bits per heavy atom. The minimum atomic E-state index is -3.48. The molecule has 0 spiro atoms. The molecule has 2 fully saturated rings. The van der Waals surface area contributed by atoms with Crippen molar-refractivity contribution in [1.29, 1.82) is 0 Å². The molecule has 2 aliphatic heterocycles. The van der Waals surface area contributed by atoms with Gasteiger partial charge in [-0.15, -0.1) is 11.3 Å². The molecule has 0 aliphatic carbocycles. The first kappa shape index (κ1) is 31.6. The summed E-state index contributed by atoms with van der Waals surface area (Å²) in [5, 5.41) is 5.93. The van der Waals surface area contributed by atoms with Crippen molar-refractivity contribution in [1.82, 2.24) is 24.4 Å². The zero-order chi connectivity index (χ0) is 31.1. The van der Waals surface area contributed by atoms with Gasteiger partial charge >= 0.3 is 0 Å². The van der Waals surface area contributed by atoms with Crippen molar-refractivity contribution >= 4 is 27.3 Å². The van der Waals surface area contributed by atoms with Crippen LogP contribution >= 0.6 is 11.3 Å². The minimum Gasteiger partial charge on any atom is -0.347 e. The van der Waals surface area contributed by atoms with E-state index < -0.39 is 10.0 Å². The lowest BCUT2D eigenvalue weighted by atomic mass is 9.96. The average molecular weight is 644 g/mol. The Bertz CT molecular complexity index is 1620. The van der Waals surface area contributed by atoms with Crippen LogP contribution in [-0.4, -0.2) is 79.2 Å². The molecule has 8 nitrogen and oxygen atoms in total. The smallest absolute Gasteiger partial charge is 0.271 e. The molecule has 0 unspecified atom stereocenters. The van der Waals surface area contributed by atoms with Gasteiger partial charge in [-0.25, -0.2) is 13.4 Å². The van der Waals surface area contributed by atoms with Crippen LogP contribution in [0.1, 0.15) is 57.8 Å². The predicted molar refractivity (Wildman–Crippen MR) is 179 cm³/mol. The number of piperazine rings is 1. The molecule has 1 amide bonds. The highest BCUT2D eigenvalue weighted by Gasteiger charge is 2.32. The predicted octanol–water partition coefficient (Wildman–Crippen LogP) is 5.39. The van der Waals surface area contributed by atoms with Crippen LogP contribution in [-0.2, 0) is 16.6 Å². The molecule has 1 aromatic heterocycles. The van der Waals surface area contributed by atoms with E-state index in [1.165, 1.54) is 5.56 Å². The number of rotatable bonds is 11. The SMILES string of the molecule is O=C(NCc1ccccc1)c1csc(C2CCN(CC[C@@H](c3ccccc3)N3CCN(S(=O)(=O)c4ccccc4)CC3)CC2)n1. The van der Waals surface area contributed by atoms with E-state index in [2.05, 4.69) is 39.4 Å². The number of thiazole rings is 1. The van der Waals surface area contributed by atoms with E-state index in [1.54, 1.807) is 39.9 Å². The molecular formula is C35H41N5O3S2. The van der Waals surface area contributed by atoms with Gasteiger partial charge < -0.3 is 10.2 Å². The summed E-state index contributed by atoms with van der Waals surface area (Å²) in [5.74, 6) is 0.260. The minimum absolute atomic E-state index is 0.121. The number of carbonyl (C=O) groups excluding carboxylic acids is 1. The van der Waals surface area contributed by atoms with Crippen molar-refractivity contribution in [2.24, 2.45) is 0 Å². The fourth-order valence-electron chi connectivity index (χ4n) is 6.39. The van der Waals surface area contributed by atoms with Crippen LogP contribution in [0.5, 0.6) is 0 Å². The monoisotopic (exact) mass is 643 g/mol. The normalized spacial score (nSPS) is 18.0. The van der Waals surface area contributed by atoms with Crippen LogP contribution in [0.4, 0.5) is 0 Å². The number of piperidine rings is 1. The molecular weight excluding hydrogens is 603 g/mol. The van der Waals surface area contributed by atoms with Gasteiger partial charge in [0.05, 0.1) is 9.90 Å². The van der Waals surface area contributed by atoms with Gasteiger partial charge in [0.25, 0.3) is 5.91 Å². The molecule has 0 bridgehead atoms. The standard InChI is InChI=1S/C35H41N5O3S2/c41-34(36-26-28-10-4-1-5-11-28)32-27-44-35(37-32)30-16-19-38(20-17-30)21-18-33(29-12-6-2-7-13-29)39-22-24-40(25-23-39)45(42,43)31-14-8-3-9-15-31/h1-15,27,30,33H,16-26H2,(H,36,41)/t33-/m0/s1. The Hall–Kier alpha value is -3.41. The summed E-state index contributed by atoms with van der Waals surface area (Å²) in [7, 11) is -3.48. The Morgan fingerprint density at radius 2 is 1.47 bits per heavy atom. The van der Waals surface area contributed by atoms with Gasteiger partial charge in [0.15, 0.2) is 0 Å². The summed E-state index contributed by atoms with van der Waals surface area (Å²) in [6.45, 7) is 5.89. The number of amides is 1. The fourth-order valence-corrected chi connectivity index (χ4v) is 8.80. The molecule has 1 N–H and O–H groups in total. The van der Waals surface area contributed by atoms with Crippen molar-refractivity contribution in [3.05, 3.63) is 118 Å². The van der Waals surface area contributed by atoms with Gasteiger partial charge in [0.1, 0.15) is 5.69 Å². The molecule has 3 aromatic carbocycles. The molecule has 3 heterocycles. The molecule has 6 rings (SSSR count). The van der Waals surface area contributed by atoms with Crippen molar-refractivity contribution in [3.8, 4) is 0 Å². The fraction of sp³-hybridized carbons (Fsp3) is 0.371. The van der Waals surface area contributed by atoms with Crippen LogP contribution in [0.3, 0.4) is 0 Å². The highest BCUT2D eigenvalue weighted by atomic mass is 32.2. The van der Waals surface area contributed by atoms with E-state index in [9.17, 15) is 13.2 Å². The lowest BCUT2D eigenvalue weighted by molar-refractivity contribution is 0.0946. The molecule has 0 saturated carbocycles. The van der Waals surface area contributed by atoms with Gasteiger partial charge in [-0.3, -0.25) is 9.69 Å². The van der Waals surface area contributed by atoms with Gasteiger partial charge in [-0.1, -0.05) is 78.9 Å². The first-order chi connectivity index (χ1) is 22.0. The van der Waals surface area contributed by atoms with E-state index in [1.807, 2.05) is 47.8 Å². The molecule has 0 radical (unpaired) electrons. The van der Waals surface area contributed by atoms with E-state index in [0.29, 0.717) is 49.2 Å². The lowest BCUT2D eigenvalue weighted by Gasteiger charge is -2.40. The Balaban J connectivity index is 1.01. The van der Waals surface area contributed by atoms with Crippen molar-refractivity contribution < 1.29 is 13.2 Å². The second-order valence-corrected chi connectivity index (χ2v) is 14.7. The van der Waals surface area contributed by atoms with E-state index in [4.69, 9.17) is 4.98 Å². The third kappa shape index (κ3) is 7.88. The maximum absolute atomic E-state index is 13.2. The first-order valence-electron chi connectivity index (χ1n) is 15.8. The van der Waals surface area contributed by atoms with E-state index in [-0.39, 0.29) is 11.9 Å². The summed E-state index contributed by atoms with van der Waals surface area (Å²) >= 11 is 1.60. The molecule has 1 atom stereocenters. The molecule has 45 heavy (non-hydrogen) atoms. The summed E-state index contributed by atoms with van der Waals surface area (Å²) < 4.78 is 28.0. The van der Waals surface area contributed by atoms with Crippen molar-refractivity contribution in [3.63, 3.8) is 0 Å². The molecule has 236 valence electrons. The van der Waals surface area contributed by atoms with E-state index >= 15 is 0 Å². The Morgan fingerprint density at radius 1 is 0.844 bits per heavy atom. The number of aromatic nitrogens is 1. The number of nitrogens with zero attached hydrogens (tertiary/aromatic N) is 4. The van der Waals surface area contributed by atoms with Crippen LogP contribution in [0.25, 0.3) is 0 Å². The molecule has 4 aromatic rings. The molecule has 2 aliphatic rings. The molecule has 10 heteroatoms. The highest BCUT2D eigenvalue weighted by Crippen LogP contribution is 2.32. The zero-order valence-corrected chi connectivity index (χ0v) is 27.1. The number of likely N-dealkylation sites (tertiary alicyclic amines) is 1. The van der Waals surface area contributed by atoms with Gasteiger partial charge in [-0.05, 0) is 62.2 Å². The number of hydrogen-bond donors (Lipinski definition) is 1. The Labute approximate surface area is 270 Å². The topological polar surface area (TPSA) is 85.9 Å². The highest BCUT2D eigenvalue weighted by molar-refractivity contribution is 7.89. The number of carbonyl (C=O) groups is 1. The second-order valence-electron chi connectivity index (χ2n) is 11.8. The number of benzene rings is 3. The van der Waals surface area contributed by atoms with Gasteiger partial charge in [-0.2, -0.15) is 4.31 Å². The number of sulfonamides is 1.